The number of hydrogen-bond donors (Lipinski definition) is 1. The minimum atomic E-state index is -0.0424. The second-order valence-corrected chi connectivity index (χ2v) is 7.30. The summed E-state index contributed by atoms with van der Waals surface area (Å²) >= 11 is 0. The van der Waals surface area contributed by atoms with Gasteiger partial charge < -0.3 is 10.0 Å². The van der Waals surface area contributed by atoms with Crippen LogP contribution in [0, 0.1) is 5.92 Å². The number of para-hydroxylation sites is 1. The number of nitrogens with zero attached hydrogens (tertiary/aromatic N) is 4. The highest BCUT2D eigenvalue weighted by Gasteiger charge is 2.25. The van der Waals surface area contributed by atoms with Gasteiger partial charge in [0, 0.05) is 13.1 Å². The normalized spacial score (nSPS) is 14.9. The summed E-state index contributed by atoms with van der Waals surface area (Å²) in [5.74, 6) is 0.886. The highest BCUT2D eigenvalue weighted by molar-refractivity contribution is 5.92. The molecule has 1 amide bonds. The van der Waals surface area contributed by atoms with E-state index >= 15 is 0 Å². The van der Waals surface area contributed by atoms with Gasteiger partial charge in [0.15, 0.2) is 5.69 Å². The van der Waals surface area contributed by atoms with Crippen LogP contribution in [0.3, 0.4) is 0 Å². The number of phenols is 1. The predicted molar refractivity (Wildman–Crippen MR) is 106 cm³/mol. The largest absolute Gasteiger partial charge is 0.508 e. The second kappa shape index (κ2) is 8.25. The Morgan fingerprint density at radius 2 is 1.75 bits per heavy atom. The molecule has 1 aliphatic heterocycles. The number of hydrogen-bond acceptors (Lipinski definition) is 4. The molecule has 4 rings (SSSR count). The van der Waals surface area contributed by atoms with Crippen molar-refractivity contribution in [3.63, 3.8) is 0 Å². The lowest BCUT2D eigenvalue weighted by molar-refractivity contribution is 0.0680. The van der Waals surface area contributed by atoms with Crippen molar-refractivity contribution < 1.29 is 9.90 Å². The van der Waals surface area contributed by atoms with Crippen LogP contribution in [0.4, 0.5) is 0 Å². The van der Waals surface area contributed by atoms with Gasteiger partial charge in [-0.15, -0.1) is 5.10 Å². The zero-order chi connectivity index (χ0) is 19.3. The Morgan fingerprint density at radius 3 is 2.46 bits per heavy atom. The van der Waals surface area contributed by atoms with Crippen LogP contribution in [-0.4, -0.2) is 44.0 Å². The third-order valence-corrected chi connectivity index (χ3v) is 5.38. The van der Waals surface area contributed by atoms with Crippen molar-refractivity contribution in [1.29, 1.82) is 0 Å². The number of aromatic nitrogens is 3. The van der Waals surface area contributed by atoms with Crippen molar-refractivity contribution in [2.75, 3.05) is 13.1 Å². The lowest BCUT2D eigenvalue weighted by atomic mass is 9.90. The molecule has 1 N–H and O–H groups in total. The fourth-order valence-electron chi connectivity index (χ4n) is 3.67. The van der Waals surface area contributed by atoms with Gasteiger partial charge in [0.2, 0.25) is 0 Å². The van der Waals surface area contributed by atoms with E-state index in [0.717, 1.165) is 44.5 Å². The van der Waals surface area contributed by atoms with Gasteiger partial charge in [-0.3, -0.25) is 4.79 Å². The van der Waals surface area contributed by atoms with Crippen molar-refractivity contribution >= 4 is 5.91 Å². The fraction of sp³-hybridized carbons (Fsp3) is 0.318. The monoisotopic (exact) mass is 376 g/mol. The molecule has 0 radical (unpaired) electrons. The molecule has 2 heterocycles. The van der Waals surface area contributed by atoms with Crippen molar-refractivity contribution in [3.8, 4) is 11.4 Å². The molecule has 1 saturated heterocycles. The maximum atomic E-state index is 12.7. The molecule has 6 heteroatoms. The fourth-order valence-corrected chi connectivity index (χ4v) is 3.67. The lowest BCUT2D eigenvalue weighted by Crippen LogP contribution is -2.38. The molecule has 2 aromatic carbocycles. The van der Waals surface area contributed by atoms with E-state index < -0.39 is 0 Å². The number of likely N-dealkylation sites (tertiary alicyclic amines) is 1. The summed E-state index contributed by atoms with van der Waals surface area (Å²) in [5.41, 5.74) is 2.48. The van der Waals surface area contributed by atoms with Gasteiger partial charge >= 0.3 is 0 Å². The Morgan fingerprint density at radius 1 is 1.04 bits per heavy atom. The first-order valence-corrected chi connectivity index (χ1v) is 9.74. The summed E-state index contributed by atoms with van der Waals surface area (Å²) in [6.07, 6.45) is 5.68. The van der Waals surface area contributed by atoms with E-state index in [4.69, 9.17) is 0 Å². The van der Waals surface area contributed by atoms with E-state index in [1.807, 2.05) is 47.4 Å². The van der Waals surface area contributed by atoms with E-state index in [1.165, 1.54) is 10.4 Å². The van der Waals surface area contributed by atoms with Gasteiger partial charge in [-0.25, -0.2) is 0 Å². The summed E-state index contributed by atoms with van der Waals surface area (Å²) in [6, 6.07) is 17.0. The molecule has 0 atom stereocenters. The van der Waals surface area contributed by atoms with E-state index in [1.54, 1.807) is 18.3 Å². The van der Waals surface area contributed by atoms with Crippen LogP contribution in [0.15, 0.2) is 60.8 Å². The molecule has 3 aromatic rings. The molecule has 0 spiro atoms. The van der Waals surface area contributed by atoms with Gasteiger partial charge in [-0.05, 0) is 61.4 Å². The first-order valence-electron chi connectivity index (χ1n) is 9.74. The maximum absolute atomic E-state index is 12.7. The van der Waals surface area contributed by atoms with E-state index in [9.17, 15) is 9.90 Å². The van der Waals surface area contributed by atoms with E-state index in [2.05, 4.69) is 10.2 Å². The Hall–Kier alpha value is -3.15. The predicted octanol–water partition coefficient (Wildman–Crippen LogP) is 3.46. The molecule has 1 aliphatic rings. The number of rotatable bonds is 5. The first kappa shape index (κ1) is 18.2. The number of piperidine rings is 1. The summed E-state index contributed by atoms with van der Waals surface area (Å²) in [4.78, 5) is 16.1. The van der Waals surface area contributed by atoms with Crippen LogP contribution in [0.1, 0.15) is 35.3 Å². The molecule has 0 aliphatic carbocycles. The number of carbonyl (C=O) groups excluding carboxylic acids is 1. The molecule has 6 nitrogen and oxygen atoms in total. The number of amides is 1. The molecule has 0 saturated carbocycles. The summed E-state index contributed by atoms with van der Waals surface area (Å²) in [5, 5.41) is 17.9. The highest BCUT2D eigenvalue weighted by atomic mass is 16.3. The van der Waals surface area contributed by atoms with Gasteiger partial charge in [0.1, 0.15) is 5.75 Å². The number of carbonyl (C=O) groups is 1. The standard InChI is InChI=1S/C22H24N4O2/c27-20-10-8-17(9-11-20)6-7-18-12-14-25(15-13-18)22(28)21-16-23-26(24-21)19-4-2-1-3-5-19/h1-5,8-11,16,18,27H,6-7,12-15H2. The van der Waals surface area contributed by atoms with Gasteiger partial charge in [0.05, 0.1) is 11.9 Å². The number of phenolic OH excluding ortho intramolecular Hbond substituents is 1. The smallest absolute Gasteiger partial charge is 0.276 e. The van der Waals surface area contributed by atoms with Crippen molar-refractivity contribution in [3.05, 3.63) is 72.1 Å². The van der Waals surface area contributed by atoms with Crippen LogP contribution < -0.4 is 0 Å². The SMILES string of the molecule is O=C(c1cnn(-c2ccccc2)n1)N1CCC(CCc2ccc(O)cc2)CC1. The van der Waals surface area contributed by atoms with Crippen molar-refractivity contribution in [1.82, 2.24) is 19.9 Å². The molecule has 1 fully saturated rings. The Kier molecular flexibility index (Phi) is 5.37. The average Bonchev–Trinajstić information content (AvgIpc) is 3.24. The van der Waals surface area contributed by atoms with Crippen LogP contribution in [0.25, 0.3) is 5.69 Å². The van der Waals surface area contributed by atoms with Gasteiger partial charge in [0.25, 0.3) is 5.91 Å². The number of aromatic hydroxyl groups is 1. The highest BCUT2D eigenvalue weighted by Crippen LogP contribution is 2.24. The van der Waals surface area contributed by atoms with Crippen molar-refractivity contribution in [2.24, 2.45) is 5.92 Å². The third kappa shape index (κ3) is 4.22. The van der Waals surface area contributed by atoms with Crippen LogP contribution in [-0.2, 0) is 6.42 Å². The quantitative estimate of drug-likeness (QED) is 0.740. The molecule has 1 aromatic heterocycles. The summed E-state index contributed by atoms with van der Waals surface area (Å²) < 4.78 is 0. The minimum Gasteiger partial charge on any atom is -0.508 e. The lowest BCUT2D eigenvalue weighted by Gasteiger charge is -2.31. The van der Waals surface area contributed by atoms with Gasteiger partial charge in [-0.1, -0.05) is 30.3 Å². The minimum absolute atomic E-state index is 0.0424. The van der Waals surface area contributed by atoms with Crippen LogP contribution in [0.2, 0.25) is 0 Å². The molecule has 28 heavy (non-hydrogen) atoms. The average molecular weight is 376 g/mol. The molecule has 0 unspecified atom stereocenters. The van der Waals surface area contributed by atoms with Gasteiger partial charge in [-0.2, -0.15) is 9.90 Å². The molecular formula is C22H24N4O2. The zero-order valence-electron chi connectivity index (χ0n) is 15.7. The Bertz CT molecular complexity index is 913. The second-order valence-electron chi connectivity index (χ2n) is 7.30. The first-order chi connectivity index (χ1) is 13.7. The zero-order valence-corrected chi connectivity index (χ0v) is 15.7. The molecular weight excluding hydrogens is 352 g/mol. The topological polar surface area (TPSA) is 71.2 Å². The van der Waals surface area contributed by atoms with Crippen molar-refractivity contribution in [2.45, 2.75) is 25.7 Å². The van der Waals surface area contributed by atoms with Crippen LogP contribution >= 0.6 is 0 Å². The molecule has 144 valence electrons. The summed E-state index contributed by atoms with van der Waals surface area (Å²) in [7, 11) is 0. The third-order valence-electron chi connectivity index (χ3n) is 5.38. The molecule has 0 bridgehead atoms. The Balaban J connectivity index is 1.29. The number of benzene rings is 2. The Labute approximate surface area is 164 Å². The van der Waals surface area contributed by atoms with E-state index in [-0.39, 0.29) is 5.91 Å². The van der Waals surface area contributed by atoms with Crippen LogP contribution in [0.5, 0.6) is 5.75 Å². The number of aryl methyl sites for hydroxylation is 1. The summed E-state index contributed by atoms with van der Waals surface area (Å²) in [6.45, 7) is 1.52. The van der Waals surface area contributed by atoms with E-state index in [0.29, 0.717) is 17.4 Å². The maximum Gasteiger partial charge on any atom is 0.276 e.